The summed E-state index contributed by atoms with van der Waals surface area (Å²) in [6.07, 6.45) is 2.41. The summed E-state index contributed by atoms with van der Waals surface area (Å²) in [6, 6.07) is 7.79. The number of halogens is 1. The molecule has 36 heavy (non-hydrogen) atoms. The number of imide groups is 1. The molecule has 3 rings (SSSR count). The molecule has 0 aliphatic rings. The quantitative estimate of drug-likeness (QED) is 0.381. The maximum Gasteiger partial charge on any atom is 0.326 e. The van der Waals surface area contributed by atoms with Crippen LogP contribution in [0, 0.1) is 5.82 Å². The number of pyridine rings is 1. The highest BCUT2D eigenvalue weighted by atomic mass is 19.1. The standard InChI is InChI=1S/C26H31FN4O5/c1-5-30(6-2)12-7-13-35-25-16-21-19(15-24(25)34-4)22(10-11-29-21)36-23-9-8-18(14-20(23)27)31(17(3)32)26(28)33/h8-11,14-16H,5-7,12-13H2,1-4H3,(H2,28,33). The Morgan fingerprint density at radius 3 is 2.39 bits per heavy atom. The van der Waals surface area contributed by atoms with Gasteiger partial charge in [0.25, 0.3) is 0 Å². The van der Waals surface area contributed by atoms with Crippen molar-refractivity contribution in [1.82, 2.24) is 9.88 Å². The largest absolute Gasteiger partial charge is 0.493 e. The third-order valence-electron chi connectivity index (χ3n) is 5.69. The Morgan fingerprint density at radius 1 is 1.03 bits per heavy atom. The maximum absolute atomic E-state index is 14.8. The number of nitrogens with two attached hydrogens (primary N) is 1. The number of aromatic nitrogens is 1. The summed E-state index contributed by atoms with van der Waals surface area (Å²) in [5, 5.41) is 0.593. The van der Waals surface area contributed by atoms with Gasteiger partial charge >= 0.3 is 6.03 Å². The first kappa shape index (κ1) is 26.7. The third kappa shape index (κ3) is 6.19. The van der Waals surface area contributed by atoms with Crippen LogP contribution in [0.3, 0.4) is 0 Å². The number of anilines is 1. The highest BCUT2D eigenvalue weighted by Gasteiger charge is 2.20. The number of rotatable bonds is 11. The van der Waals surface area contributed by atoms with Gasteiger partial charge in [-0.15, -0.1) is 0 Å². The van der Waals surface area contributed by atoms with Crippen LogP contribution in [0.1, 0.15) is 27.2 Å². The van der Waals surface area contributed by atoms with Crippen LogP contribution in [-0.4, -0.2) is 55.2 Å². The van der Waals surface area contributed by atoms with E-state index in [1.807, 2.05) is 0 Å². The zero-order chi connectivity index (χ0) is 26.2. The second-order valence-corrected chi connectivity index (χ2v) is 7.97. The summed E-state index contributed by atoms with van der Waals surface area (Å²) in [5.41, 5.74) is 5.82. The minimum atomic E-state index is -1.01. The summed E-state index contributed by atoms with van der Waals surface area (Å²) >= 11 is 0. The average molecular weight is 499 g/mol. The van der Waals surface area contributed by atoms with E-state index in [4.69, 9.17) is 19.9 Å². The summed E-state index contributed by atoms with van der Waals surface area (Å²) in [5.74, 6) is -0.108. The Balaban J connectivity index is 1.84. The molecule has 0 aliphatic carbocycles. The molecule has 0 fully saturated rings. The van der Waals surface area contributed by atoms with Gasteiger partial charge in [-0.25, -0.2) is 14.1 Å². The van der Waals surface area contributed by atoms with E-state index in [1.165, 1.54) is 12.1 Å². The maximum atomic E-state index is 14.8. The zero-order valence-electron chi connectivity index (χ0n) is 20.9. The van der Waals surface area contributed by atoms with Crippen molar-refractivity contribution in [3.63, 3.8) is 0 Å². The fraction of sp³-hybridized carbons (Fsp3) is 0.346. The number of nitrogens with zero attached hydrogens (tertiary/aromatic N) is 3. The molecule has 0 saturated heterocycles. The van der Waals surface area contributed by atoms with Gasteiger partial charge in [0.2, 0.25) is 5.91 Å². The second kappa shape index (κ2) is 12.2. The molecule has 0 unspecified atom stereocenters. The predicted molar refractivity (Wildman–Crippen MR) is 135 cm³/mol. The number of ether oxygens (including phenoxy) is 3. The first-order valence-electron chi connectivity index (χ1n) is 11.7. The monoisotopic (exact) mass is 498 g/mol. The van der Waals surface area contributed by atoms with Crippen LogP contribution in [0.5, 0.6) is 23.0 Å². The van der Waals surface area contributed by atoms with Crippen LogP contribution < -0.4 is 24.8 Å². The van der Waals surface area contributed by atoms with Crippen molar-refractivity contribution in [3.05, 3.63) is 48.4 Å². The number of carbonyl (C=O) groups excluding carboxylic acids is 2. The van der Waals surface area contributed by atoms with Crippen molar-refractivity contribution >= 4 is 28.5 Å². The molecule has 1 heterocycles. The number of hydrogen-bond donors (Lipinski definition) is 1. The first-order valence-corrected chi connectivity index (χ1v) is 11.7. The molecule has 2 aromatic carbocycles. The molecule has 0 spiro atoms. The van der Waals surface area contributed by atoms with Crippen molar-refractivity contribution in [2.75, 3.05) is 38.3 Å². The van der Waals surface area contributed by atoms with Gasteiger partial charge in [0, 0.05) is 37.2 Å². The van der Waals surface area contributed by atoms with Crippen LogP contribution in [0.2, 0.25) is 0 Å². The molecule has 10 heteroatoms. The molecule has 1 aromatic heterocycles. The van der Waals surface area contributed by atoms with Gasteiger partial charge < -0.3 is 24.8 Å². The Hall–Kier alpha value is -3.92. The lowest BCUT2D eigenvalue weighted by Crippen LogP contribution is -2.39. The lowest BCUT2D eigenvalue weighted by Gasteiger charge is -2.18. The van der Waals surface area contributed by atoms with Gasteiger partial charge in [-0.3, -0.25) is 9.78 Å². The zero-order valence-corrected chi connectivity index (χ0v) is 20.9. The lowest BCUT2D eigenvalue weighted by molar-refractivity contribution is -0.115. The van der Waals surface area contributed by atoms with E-state index in [9.17, 15) is 14.0 Å². The van der Waals surface area contributed by atoms with Crippen LogP contribution in [0.15, 0.2) is 42.6 Å². The molecule has 9 nitrogen and oxygen atoms in total. The van der Waals surface area contributed by atoms with Crippen LogP contribution >= 0.6 is 0 Å². The molecule has 0 radical (unpaired) electrons. The molecule has 2 N–H and O–H groups in total. The summed E-state index contributed by atoms with van der Waals surface area (Å²) in [7, 11) is 1.54. The molecular weight excluding hydrogens is 467 g/mol. The average Bonchev–Trinajstić information content (AvgIpc) is 2.85. The topological polar surface area (TPSA) is 107 Å². The second-order valence-electron chi connectivity index (χ2n) is 7.97. The lowest BCUT2D eigenvalue weighted by atomic mass is 10.1. The SMILES string of the molecule is CCN(CC)CCCOc1cc2nccc(Oc3ccc(N(C(C)=O)C(N)=O)cc3F)c2cc1OC. The van der Waals surface area contributed by atoms with Crippen LogP contribution in [-0.2, 0) is 4.79 Å². The van der Waals surface area contributed by atoms with Gasteiger partial charge in [0.05, 0.1) is 24.9 Å². The first-order chi connectivity index (χ1) is 17.3. The molecule has 0 aliphatic heterocycles. The number of urea groups is 1. The van der Waals surface area contributed by atoms with E-state index in [0.29, 0.717) is 39.7 Å². The molecule has 3 aromatic rings. The van der Waals surface area contributed by atoms with Gasteiger partial charge in [0.1, 0.15) is 5.75 Å². The van der Waals surface area contributed by atoms with Crippen LogP contribution in [0.25, 0.3) is 10.9 Å². The minimum absolute atomic E-state index is 0.00360. The third-order valence-corrected chi connectivity index (χ3v) is 5.69. The number of carbonyl (C=O) groups is 2. The number of methoxy groups -OCH3 is 1. The Kier molecular flexibility index (Phi) is 9.02. The highest BCUT2D eigenvalue weighted by Crippen LogP contribution is 2.38. The highest BCUT2D eigenvalue weighted by molar-refractivity contribution is 6.12. The van der Waals surface area contributed by atoms with Crippen molar-refractivity contribution in [2.45, 2.75) is 27.2 Å². The van der Waals surface area contributed by atoms with Crippen molar-refractivity contribution in [1.29, 1.82) is 0 Å². The fourth-order valence-corrected chi connectivity index (χ4v) is 3.79. The molecule has 0 atom stereocenters. The van der Waals surface area contributed by atoms with Gasteiger partial charge in [-0.05, 0) is 43.8 Å². The van der Waals surface area contributed by atoms with Gasteiger partial charge in [-0.1, -0.05) is 13.8 Å². The molecule has 0 bridgehead atoms. The number of benzene rings is 2. The number of hydrogen-bond acceptors (Lipinski definition) is 7. The van der Waals surface area contributed by atoms with Crippen LogP contribution in [0.4, 0.5) is 14.9 Å². The minimum Gasteiger partial charge on any atom is -0.493 e. The van der Waals surface area contributed by atoms with Crippen molar-refractivity contribution in [3.8, 4) is 23.0 Å². The molecule has 192 valence electrons. The predicted octanol–water partition coefficient (Wildman–Crippen LogP) is 4.72. The van der Waals surface area contributed by atoms with Crippen molar-refractivity contribution < 1.29 is 28.2 Å². The summed E-state index contributed by atoms with van der Waals surface area (Å²) in [6.45, 7) is 8.86. The molecule has 3 amide bonds. The molecular formula is C26H31FN4O5. The number of fused-ring (bicyclic) bond motifs is 1. The smallest absolute Gasteiger partial charge is 0.326 e. The number of primary amides is 1. The van der Waals surface area contributed by atoms with E-state index < -0.39 is 17.8 Å². The van der Waals surface area contributed by atoms with Crippen molar-refractivity contribution in [2.24, 2.45) is 5.73 Å². The van der Waals surface area contributed by atoms with E-state index in [0.717, 1.165) is 39.0 Å². The van der Waals surface area contributed by atoms with Gasteiger partial charge in [0.15, 0.2) is 23.1 Å². The Morgan fingerprint density at radius 2 is 1.78 bits per heavy atom. The molecule has 0 saturated carbocycles. The Labute approximate surface area is 209 Å². The van der Waals surface area contributed by atoms with E-state index in [-0.39, 0.29) is 11.4 Å². The fourth-order valence-electron chi connectivity index (χ4n) is 3.79. The van der Waals surface area contributed by atoms with E-state index in [1.54, 1.807) is 31.5 Å². The normalized spacial score (nSPS) is 10.9. The summed E-state index contributed by atoms with van der Waals surface area (Å²) in [4.78, 5) is 30.6. The Bertz CT molecular complexity index is 1220. The number of amides is 3. The van der Waals surface area contributed by atoms with E-state index in [2.05, 4.69) is 23.7 Å². The van der Waals surface area contributed by atoms with E-state index >= 15 is 0 Å². The summed E-state index contributed by atoms with van der Waals surface area (Å²) < 4.78 is 32.1. The van der Waals surface area contributed by atoms with Gasteiger partial charge in [-0.2, -0.15) is 0 Å².